The van der Waals surface area contributed by atoms with Crippen molar-refractivity contribution >= 4 is 37.5 Å². The number of hydrogen-bond acceptors (Lipinski definition) is 4. The van der Waals surface area contributed by atoms with Gasteiger partial charge in [-0.3, -0.25) is 9.10 Å². The van der Waals surface area contributed by atoms with Gasteiger partial charge in [0.05, 0.1) is 10.6 Å². The first kappa shape index (κ1) is 22.8. The van der Waals surface area contributed by atoms with E-state index in [2.05, 4.69) is 26.1 Å². The summed E-state index contributed by atoms with van der Waals surface area (Å²) in [6.07, 6.45) is 3.34. The maximum absolute atomic E-state index is 13.3. The van der Waals surface area contributed by atoms with Crippen LogP contribution in [0.15, 0.2) is 57.9 Å². The molecule has 1 aliphatic rings. The molecule has 0 aromatic heterocycles. The Balaban J connectivity index is 1.70. The second kappa shape index (κ2) is 10.4. The summed E-state index contributed by atoms with van der Waals surface area (Å²) in [5, 5.41) is 2.87. The van der Waals surface area contributed by atoms with Crippen LogP contribution in [0.2, 0.25) is 0 Å². The molecule has 1 saturated heterocycles. The Hall–Kier alpha value is -1.90. The van der Waals surface area contributed by atoms with Crippen molar-refractivity contribution in [2.24, 2.45) is 0 Å². The Morgan fingerprint density at radius 3 is 2.33 bits per heavy atom. The van der Waals surface area contributed by atoms with E-state index < -0.39 is 10.0 Å². The van der Waals surface area contributed by atoms with Gasteiger partial charge in [-0.25, -0.2) is 8.42 Å². The number of likely N-dealkylation sites (tertiary alicyclic amines) is 1. The third kappa shape index (κ3) is 6.06. The van der Waals surface area contributed by atoms with Crippen LogP contribution in [0.3, 0.4) is 0 Å². The first-order valence-corrected chi connectivity index (χ1v) is 12.4. The van der Waals surface area contributed by atoms with Gasteiger partial charge >= 0.3 is 0 Å². The highest BCUT2D eigenvalue weighted by molar-refractivity contribution is 9.10. The molecule has 6 nitrogen and oxygen atoms in total. The molecule has 30 heavy (non-hydrogen) atoms. The molecule has 1 amide bonds. The van der Waals surface area contributed by atoms with Crippen molar-refractivity contribution in [2.45, 2.75) is 31.1 Å². The zero-order valence-electron chi connectivity index (χ0n) is 17.2. The molecule has 0 atom stereocenters. The minimum Gasteiger partial charge on any atom is -0.354 e. The number of amides is 1. The number of nitrogens with zero attached hydrogens (tertiary/aromatic N) is 2. The number of benzene rings is 2. The number of nitrogens with one attached hydrogen (secondary N) is 1. The van der Waals surface area contributed by atoms with Gasteiger partial charge < -0.3 is 10.2 Å². The van der Waals surface area contributed by atoms with Crippen molar-refractivity contribution < 1.29 is 13.2 Å². The highest BCUT2D eigenvalue weighted by Gasteiger charge is 2.27. The van der Waals surface area contributed by atoms with E-state index in [-0.39, 0.29) is 17.3 Å². The van der Waals surface area contributed by atoms with Crippen molar-refractivity contribution in [1.82, 2.24) is 10.2 Å². The van der Waals surface area contributed by atoms with E-state index in [9.17, 15) is 13.2 Å². The van der Waals surface area contributed by atoms with Crippen LogP contribution in [-0.4, -0.2) is 51.9 Å². The van der Waals surface area contributed by atoms with Crippen LogP contribution in [0.1, 0.15) is 24.8 Å². The first-order valence-electron chi connectivity index (χ1n) is 10.2. The lowest BCUT2D eigenvalue weighted by molar-refractivity contribution is -0.119. The van der Waals surface area contributed by atoms with Gasteiger partial charge in [0.2, 0.25) is 5.91 Å². The molecular weight excluding hydrogens is 466 g/mol. The standard InChI is InChI=1S/C22H28BrN3O3S/c1-18-5-11-21(12-6-18)30(28,29)26(20-9-7-19(23)8-10-20)17-22(27)24-13-4-16-25-14-2-3-15-25/h5-12H,2-4,13-17H2,1H3,(H,24,27). The molecule has 162 valence electrons. The normalized spacial score (nSPS) is 14.6. The Morgan fingerprint density at radius 1 is 1.07 bits per heavy atom. The summed E-state index contributed by atoms with van der Waals surface area (Å²) in [5.74, 6) is -0.310. The minimum atomic E-state index is -3.87. The highest BCUT2D eigenvalue weighted by atomic mass is 79.9. The molecule has 0 radical (unpaired) electrons. The van der Waals surface area contributed by atoms with Crippen molar-refractivity contribution in [1.29, 1.82) is 0 Å². The van der Waals surface area contributed by atoms with E-state index in [4.69, 9.17) is 0 Å². The van der Waals surface area contributed by atoms with Crippen molar-refractivity contribution in [2.75, 3.05) is 37.0 Å². The van der Waals surface area contributed by atoms with E-state index in [1.54, 1.807) is 48.5 Å². The molecule has 1 heterocycles. The third-order valence-electron chi connectivity index (χ3n) is 5.18. The van der Waals surface area contributed by atoms with Gasteiger partial charge in [-0.05, 0) is 82.2 Å². The van der Waals surface area contributed by atoms with E-state index in [1.807, 2.05) is 6.92 Å². The van der Waals surface area contributed by atoms with Gasteiger partial charge in [-0.15, -0.1) is 0 Å². The summed E-state index contributed by atoms with van der Waals surface area (Å²) in [4.78, 5) is 15.1. The van der Waals surface area contributed by atoms with Gasteiger partial charge in [-0.1, -0.05) is 33.6 Å². The van der Waals surface area contributed by atoms with E-state index in [1.165, 1.54) is 17.1 Å². The number of rotatable bonds is 9. The lowest BCUT2D eigenvalue weighted by Gasteiger charge is -2.24. The van der Waals surface area contributed by atoms with Crippen LogP contribution >= 0.6 is 15.9 Å². The molecular formula is C22H28BrN3O3S. The van der Waals surface area contributed by atoms with Gasteiger partial charge in [-0.2, -0.15) is 0 Å². The number of anilines is 1. The minimum absolute atomic E-state index is 0.165. The summed E-state index contributed by atoms with van der Waals surface area (Å²) in [5.41, 5.74) is 1.42. The molecule has 2 aromatic rings. The quantitative estimate of drug-likeness (QED) is 0.542. The van der Waals surface area contributed by atoms with E-state index >= 15 is 0 Å². The molecule has 1 fully saturated rings. The van der Waals surface area contributed by atoms with E-state index in [0.717, 1.165) is 36.1 Å². The molecule has 0 bridgehead atoms. The van der Waals surface area contributed by atoms with Crippen molar-refractivity contribution in [3.8, 4) is 0 Å². The van der Waals surface area contributed by atoms with Crippen molar-refractivity contribution in [3.63, 3.8) is 0 Å². The fourth-order valence-electron chi connectivity index (χ4n) is 3.48. The maximum Gasteiger partial charge on any atom is 0.264 e. The number of halogens is 1. The highest BCUT2D eigenvalue weighted by Crippen LogP contribution is 2.25. The second-order valence-electron chi connectivity index (χ2n) is 7.55. The van der Waals surface area contributed by atoms with Gasteiger partial charge in [0.25, 0.3) is 10.0 Å². The lowest BCUT2D eigenvalue weighted by Crippen LogP contribution is -2.41. The maximum atomic E-state index is 13.3. The molecule has 0 spiro atoms. The topological polar surface area (TPSA) is 69.7 Å². The second-order valence-corrected chi connectivity index (χ2v) is 10.3. The Kier molecular flexibility index (Phi) is 7.91. The Labute approximate surface area is 187 Å². The molecule has 1 N–H and O–H groups in total. The lowest BCUT2D eigenvalue weighted by atomic mass is 10.2. The summed E-state index contributed by atoms with van der Waals surface area (Å²) >= 11 is 3.37. The van der Waals surface area contributed by atoms with Crippen LogP contribution in [0.5, 0.6) is 0 Å². The first-order chi connectivity index (χ1) is 14.4. The molecule has 3 rings (SSSR count). The molecule has 2 aromatic carbocycles. The predicted molar refractivity (Wildman–Crippen MR) is 123 cm³/mol. The molecule has 8 heteroatoms. The number of carbonyl (C=O) groups excluding carboxylic acids is 1. The number of hydrogen-bond donors (Lipinski definition) is 1. The smallest absolute Gasteiger partial charge is 0.264 e. The number of aryl methyl sites for hydroxylation is 1. The number of sulfonamides is 1. The summed E-state index contributed by atoms with van der Waals surface area (Å²) in [7, 11) is -3.87. The zero-order chi connectivity index (χ0) is 21.6. The van der Waals surface area contributed by atoms with E-state index in [0.29, 0.717) is 12.2 Å². The van der Waals surface area contributed by atoms with Crippen molar-refractivity contribution in [3.05, 3.63) is 58.6 Å². The fraction of sp³-hybridized carbons (Fsp3) is 0.409. The summed E-state index contributed by atoms with van der Waals surface area (Å²) in [6.45, 7) is 5.38. The monoisotopic (exact) mass is 493 g/mol. The largest absolute Gasteiger partial charge is 0.354 e. The predicted octanol–water partition coefficient (Wildman–Crippen LogP) is 3.55. The van der Waals surface area contributed by atoms with Crippen LogP contribution in [0.25, 0.3) is 0 Å². The van der Waals surface area contributed by atoms with Gasteiger partial charge in [0.15, 0.2) is 0 Å². The summed E-state index contributed by atoms with van der Waals surface area (Å²) in [6, 6.07) is 13.6. The average Bonchev–Trinajstić information content (AvgIpc) is 3.24. The van der Waals surface area contributed by atoms with Crippen LogP contribution in [-0.2, 0) is 14.8 Å². The molecule has 0 saturated carbocycles. The number of carbonyl (C=O) groups is 1. The zero-order valence-corrected chi connectivity index (χ0v) is 19.6. The average molecular weight is 494 g/mol. The molecule has 0 aliphatic carbocycles. The molecule has 1 aliphatic heterocycles. The van der Waals surface area contributed by atoms with Crippen LogP contribution in [0, 0.1) is 6.92 Å². The third-order valence-corrected chi connectivity index (χ3v) is 7.50. The summed E-state index contributed by atoms with van der Waals surface area (Å²) < 4.78 is 28.6. The Morgan fingerprint density at radius 2 is 1.70 bits per heavy atom. The fourth-order valence-corrected chi connectivity index (χ4v) is 5.17. The van der Waals surface area contributed by atoms with Crippen LogP contribution < -0.4 is 9.62 Å². The SMILES string of the molecule is Cc1ccc(S(=O)(=O)N(CC(=O)NCCCN2CCCC2)c2ccc(Br)cc2)cc1. The molecule has 0 unspecified atom stereocenters. The Bertz CT molecular complexity index is 941. The van der Waals surface area contributed by atoms with Gasteiger partial charge in [0.1, 0.15) is 6.54 Å². The van der Waals surface area contributed by atoms with Gasteiger partial charge in [0, 0.05) is 11.0 Å². The van der Waals surface area contributed by atoms with Crippen LogP contribution in [0.4, 0.5) is 5.69 Å².